The third kappa shape index (κ3) is 4.17. The lowest BCUT2D eigenvalue weighted by Crippen LogP contribution is -2.21. The number of fused-ring (bicyclic) bond motifs is 1. The van der Waals surface area contributed by atoms with Gasteiger partial charge in [0.1, 0.15) is 17.0 Å². The number of aliphatic hydroxyl groups excluding tert-OH is 2. The Morgan fingerprint density at radius 1 is 1.28 bits per heavy atom. The second-order valence-electron chi connectivity index (χ2n) is 7.35. The van der Waals surface area contributed by atoms with Crippen LogP contribution in [0.25, 0.3) is 11.1 Å². The topological polar surface area (TPSA) is 90.5 Å². The number of aromatic nitrogens is 1. The van der Waals surface area contributed by atoms with Crippen molar-refractivity contribution in [2.24, 2.45) is 0 Å². The summed E-state index contributed by atoms with van der Waals surface area (Å²) in [6.45, 7) is 1.47. The van der Waals surface area contributed by atoms with Crippen molar-refractivity contribution in [1.82, 2.24) is 4.98 Å². The Morgan fingerprint density at radius 2 is 2.07 bits per heavy atom. The van der Waals surface area contributed by atoms with Gasteiger partial charge in [-0.15, -0.1) is 0 Å². The van der Waals surface area contributed by atoms with E-state index in [1.165, 1.54) is 18.0 Å². The molecule has 0 saturated heterocycles. The second kappa shape index (κ2) is 7.81. The highest BCUT2D eigenvalue weighted by atomic mass is 32.2. The molecule has 6 nitrogen and oxygen atoms in total. The first-order chi connectivity index (χ1) is 13.9. The Morgan fingerprint density at radius 3 is 2.76 bits per heavy atom. The molecular weight excluding hydrogens is 400 g/mol. The first kappa shape index (κ1) is 19.9. The van der Waals surface area contributed by atoms with Crippen LogP contribution in [0.15, 0.2) is 35.1 Å². The molecule has 0 radical (unpaired) electrons. The predicted molar refractivity (Wildman–Crippen MR) is 109 cm³/mol. The maximum absolute atomic E-state index is 15.1. The minimum atomic E-state index is -0.806. The first-order valence-corrected chi connectivity index (χ1v) is 10.0. The molecule has 1 fully saturated rings. The third-order valence-electron chi connectivity index (χ3n) is 4.95. The average Bonchev–Trinajstić information content (AvgIpc) is 3.28. The van der Waals surface area contributed by atoms with Gasteiger partial charge in [-0.2, -0.15) is 0 Å². The van der Waals surface area contributed by atoms with E-state index in [1.807, 2.05) is 0 Å². The number of aliphatic hydroxyl groups is 2. The minimum absolute atomic E-state index is 0.0485. The van der Waals surface area contributed by atoms with Gasteiger partial charge in [0.15, 0.2) is 17.8 Å². The molecule has 29 heavy (non-hydrogen) atoms. The van der Waals surface area contributed by atoms with Crippen LogP contribution in [0, 0.1) is 18.6 Å². The average molecular weight is 421 g/mol. The fourth-order valence-electron chi connectivity index (χ4n) is 3.17. The molecule has 4 N–H and O–H groups in total. The highest BCUT2D eigenvalue weighted by Gasteiger charge is 2.45. The van der Waals surface area contributed by atoms with E-state index in [4.69, 9.17) is 9.52 Å². The van der Waals surface area contributed by atoms with Gasteiger partial charge in [-0.25, -0.2) is 13.8 Å². The van der Waals surface area contributed by atoms with Crippen LogP contribution in [0.1, 0.15) is 24.8 Å². The molecule has 1 aromatic heterocycles. The Labute approximate surface area is 170 Å². The van der Waals surface area contributed by atoms with Crippen molar-refractivity contribution < 1.29 is 23.4 Å². The van der Waals surface area contributed by atoms with E-state index in [0.29, 0.717) is 12.1 Å². The van der Waals surface area contributed by atoms with E-state index in [1.54, 1.807) is 25.1 Å². The molecule has 1 saturated carbocycles. The van der Waals surface area contributed by atoms with Gasteiger partial charge in [-0.1, -0.05) is 6.07 Å². The molecule has 0 spiro atoms. The summed E-state index contributed by atoms with van der Waals surface area (Å²) in [4.78, 5) is 3.90. The standard InChI is InChI=1S/C20H21F2N3O3S/c1-11-2-3-14(13(21)6-11)24-18-15(7-16-19(17(18)22)23-10-28-16)25-29-20(4-5-20)8-12(27)9-26/h2-3,6-7,10,12,24-27H,4-5,8-9H2,1H3. The molecule has 3 aromatic rings. The van der Waals surface area contributed by atoms with Crippen LogP contribution in [0.3, 0.4) is 0 Å². The van der Waals surface area contributed by atoms with Crippen molar-refractivity contribution in [1.29, 1.82) is 0 Å². The maximum Gasteiger partial charge on any atom is 0.182 e. The van der Waals surface area contributed by atoms with Gasteiger partial charge >= 0.3 is 0 Å². The van der Waals surface area contributed by atoms with Crippen LogP contribution in [-0.4, -0.2) is 32.7 Å². The normalized spacial score (nSPS) is 16.0. The summed E-state index contributed by atoms with van der Waals surface area (Å²) in [6, 6.07) is 6.25. The summed E-state index contributed by atoms with van der Waals surface area (Å²) in [6.07, 6.45) is 2.50. The zero-order valence-electron chi connectivity index (χ0n) is 15.7. The van der Waals surface area contributed by atoms with Gasteiger partial charge in [0, 0.05) is 10.8 Å². The van der Waals surface area contributed by atoms with Gasteiger partial charge in [0.2, 0.25) is 0 Å². The van der Waals surface area contributed by atoms with Gasteiger partial charge in [0.05, 0.1) is 24.1 Å². The highest BCUT2D eigenvalue weighted by Crippen LogP contribution is 2.52. The molecule has 0 amide bonds. The number of benzene rings is 2. The lowest BCUT2D eigenvalue weighted by molar-refractivity contribution is 0.0865. The number of oxazole rings is 1. The molecule has 1 aliphatic carbocycles. The second-order valence-corrected chi connectivity index (χ2v) is 8.62. The van der Waals surface area contributed by atoms with Crippen molar-refractivity contribution in [3.63, 3.8) is 0 Å². The van der Waals surface area contributed by atoms with E-state index < -0.39 is 17.7 Å². The summed E-state index contributed by atoms with van der Waals surface area (Å²) >= 11 is 1.35. The van der Waals surface area contributed by atoms with E-state index in [0.717, 1.165) is 24.8 Å². The Balaban J connectivity index is 1.64. The van der Waals surface area contributed by atoms with Gasteiger partial charge < -0.3 is 24.7 Å². The molecule has 1 atom stereocenters. The maximum atomic E-state index is 15.1. The van der Waals surface area contributed by atoms with Gasteiger partial charge in [0.25, 0.3) is 0 Å². The molecule has 0 bridgehead atoms. The summed E-state index contributed by atoms with van der Waals surface area (Å²) in [5, 5.41) is 21.7. The van der Waals surface area contributed by atoms with Crippen molar-refractivity contribution in [3.8, 4) is 0 Å². The summed E-state index contributed by atoms with van der Waals surface area (Å²) in [7, 11) is 0. The van der Waals surface area contributed by atoms with Crippen molar-refractivity contribution >= 4 is 40.1 Å². The van der Waals surface area contributed by atoms with Crippen LogP contribution < -0.4 is 10.0 Å². The van der Waals surface area contributed by atoms with Crippen LogP contribution in [0.5, 0.6) is 0 Å². The third-order valence-corrected chi connectivity index (χ3v) is 6.28. The smallest absolute Gasteiger partial charge is 0.182 e. The summed E-state index contributed by atoms with van der Waals surface area (Å²) in [5.74, 6) is -1.15. The van der Waals surface area contributed by atoms with E-state index in [9.17, 15) is 9.50 Å². The van der Waals surface area contributed by atoms with Crippen molar-refractivity contribution in [2.45, 2.75) is 37.0 Å². The SMILES string of the molecule is Cc1ccc(Nc2c(NSC3(CC(O)CO)CC3)cc3ocnc3c2F)c(F)c1. The van der Waals surface area contributed by atoms with Crippen LogP contribution in [0.4, 0.5) is 25.8 Å². The quantitative estimate of drug-likeness (QED) is 0.398. The fraction of sp³-hybridized carbons (Fsp3) is 0.350. The molecule has 4 rings (SSSR count). The van der Waals surface area contributed by atoms with Crippen molar-refractivity contribution in [3.05, 3.63) is 47.9 Å². The summed E-state index contributed by atoms with van der Waals surface area (Å²) < 4.78 is 37.6. The zero-order valence-corrected chi connectivity index (χ0v) is 16.5. The van der Waals surface area contributed by atoms with Crippen LogP contribution in [0.2, 0.25) is 0 Å². The number of anilines is 3. The van der Waals surface area contributed by atoms with Gasteiger partial charge in [-0.3, -0.25) is 0 Å². The molecule has 1 unspecified atom stereocenters. The number of aryl methyl sites for hydroxylation is 1. The molecule has 2 aromatic carbocycles. The number of hydrogen-bond acceptors (Lipinski definition) is 7. The Kier molecular flexibility index (Phi) is 5.37. The van der Waals surface area contributed by atoms with E-state index in [-0.39, 0.29) is 33.8 Å². The molecule has 1 aliphatic rings. The molecule has 1 heterocycles. The fourth-order valence-corrected chi connectivity index (χ4v) is 4.24. The first-order valence-electron chi connectivity index (χ1n) is 9.22. The molecule has 0 aliphatic heterocycles. The zero-order chi connectivity index (χ0) is 20.6. The minimum Gasteiger partial charge on any atom is -0.443 e. The lowest BCUT2D eigenvalue weighted by atomic mass is 10.2. The summed E-state index contributed by atoms with van der Waals surface area (Å²) in [5.41, 5.74) is 1.64. The number of nitrogens with zero attached hydrogens (tertiary/aromatic N) is 1. The van der Waals surface area contributed by atoms with Crippen LogP contribution in [-0.2, 0) is 0 Å². The van der Waals surface area contributed by atoms with Crippen molar-refractivity contribution in [2.75, 3.05) is 16.6 Å². The van der Waals surface area contributed by atoms with E-state index in [2.05, 4.69) is 15.0 Å². The van der Waals surface area contributed by atoms with Crippen LogP contribution >= 0.6 is 11.9 Å². The molecule has 9 heteroatoms. The van der Waals surface area contributed by atoms with Gasteiger partial charge in [-0.05, 0) is 55.8 Å². The number of halogens is 2. The molecular formula is C20H21F2N3O3S. The van der Waals surface area contributed by atoms with E-state index >= 15 is 4.39 Å². The monoisotopic (exact) mass is 421 g/mol. The highest BCUT2D eigenvalue weighted by molar-refractivity contribution is 8.02. The number of hydrogen-bond donors (Lipinski definition) is 4. The Bertz CT molecular complexity index is 1040. The lowest BCUT2D eigenvalue weighted by Gasteiger charge is -2.20. The Hall–Kier alpha value is -2.36. The largest absolute Gasteiger partial charge is 0.443 e. The number of rotatable bonds is 8. The predicted octanol–water partition coefficient (Wildman–Crippen LogP) is 4.49. The number of nitrogens with one attached hydrogen (secondary N) is 2. The molecule has 154 valence electrons.